The van der Waals surface area contributed by atoms with Gasteiger partial charge in [-0.1, -0.05) is 12.1 Å². The predicted molar refractivity (Wildman–Crippen MR) is 66.1 cm³/mol. The van der Waals surface area contributed by atoms with Crippen molar-refractivity contribution >= 4 is 0 Å². The van der Waals surface area contributed by atoms with Crippen molar-refractivity contribution in [1.29, 1.82) is 0 Å². The molecule has 1 aliphatic heterocycles. The fourth-order valence-electron chi connectivity index (χ4n) is 2.27. The molecule has 1 unspecified atom stereocenters. The number of hydrogen-bond acceptors (Lipinski definition) is 5. The molecule has 2 N–H and O–H groups in total. The Morgan fingerprint density at radius 2 is 2.44 bits per heavy atom. The van der Waals surface area contributed by atoms with E-state index in [1.165, 1.54) is 12.8 Å². The third-order valence-electron chi connectivity index (χ3n) is 3.34. The number of nitrogens with one attached hydrogen (secondary N) is 2. The Balaban J connectivity index is 1.79. The van der Waals surface area contributed by atoms with Crippen molar-refractivity contribution in [3.8, 4) is 11.6 Å². The summed E-state index contributed by atoms with van der Waals surface area (Å²) in [5, 5.41) is 14.6. The number of rotatable bonds is 3. The van der Waals surface area contributed by atoms with Crippen LogP contribution in [0, 0.1) is 0 Å². The molecule has 6 heteroatoms. The standard InChI is InChI=1S/C12H17N5O/c1-2-11-14-12(18-17-11)10-6-9(15-16-10)8-4-3-5-13-7-8/h6,8,13H,2-5,7H2,1H3,(H,15,16). The normalized spacial score (nSPS) is 20.2. The van der Waals surface area contributed by atoms with Crippen molar-refractivity contribution in [2.24, 2.45) is 0 Å². The van der Waals surface area contributed by atoms with Crippen LogP contribution in [0.4, 0.5) is 0 Å². The Labute approximate surface area is 105 Å². The molecule has 0 radical (unpaired) electrons. The minimum absolute atomic E-state index is 0.498. The van der Waals surface area contributed by atoms with Crippen LogP contribution in [0.15, 0.2) is 10.6 Å². The Morgan fingerprint density at radius 3 is 3.17 bits per heavy atom. The molecule has 2 aromatic rings. The summed E-state index contributed by atoms with van der Waals surface area (Å²) in [6.07, 6.45) is 3.17. The van der Waals surface area contributed by atoms with Crippen LogP contribution in [0.5, 0.6) is 0 Å². The lowest BCUT2D eigenvalue weighted by molar-refractivity contribution is 0.422. The van der Waals surface area contributed by atoms with E-state index in [1.54, 1.807) is 0 Å². The van der Waals surface area contributed by atoms with E-state index in [0.717, 1.165) is 30.9 Å². The van der Waals surface area contributed by atoms with Gasteiger partial charge in [-0.05, 0) is 25.5 Å². The van der Waals surface area contributed by atoms with E-state index < -0.39 is 0 Å². The summed E-state index contributed by atoms with van der Waals surface area (Å²) < 4.78 is 5.18. The Hall–Kier alpha value is -1.69. The van der Waals surface area contributed by atoms with Gasteiger partial charge < -0.3 is 9.84 Å². The number of H-pyrrole nitrogens is 1. The van der Waals surface area contributed by atoms with Crippen molar-refractivity contribution in [3.63, 3.8) is 0 Å². The quantitative estimate of drug-likeness (QED) is 0.859. The smallest absolute Gasteiger partial charge is 0.278 e. The SMILES string of the molecule is CCc1noc(-c2cc(C3CCCNC3)[nH]n2)n1. The molecule has 3 heterocycles. The van der Waals surface area contributed by atoms with Gasteiger partial charge in [-0.3, -0.25) is 5.10 Å². The summed E-state index contributed by atoms with van der Waals surface area (Å²) >= 11 is 0. The van der Waals surface area contributed by atoms with E-state index in [4.69, 9.17) is 4.52 Å². The molecular formula is C12H17N5O. The van der Waals surface area contributed by atoms with Gasteiger partial charge in [-0.25, -0.2) is 0 Å². The van der Waals surface area contributed by atoms with Gasteiger partial charge in [-0.15, -0.1) is 0 Å². The van der Waals surface area contributed by atoms with Gasteiger partial charge >= 0.3 is 0 Å². The molecule has 1 aliphatic rings. The molecular weight excluding hydrogens is 230 g/mol. The second-order valence-electron chi connectivity index (χ2n) is 4.62. The molecule has 96 valence electrons. The van der Waals surface area contributed by atoms with Crippen LogP contribution in [0.3, 0.4) is 0 Å². The Morgan fingerprint density at radius 1 is 1.50 bits per heavy atom. The largest absolute Gasteiger partial charge is 0.332 e. The molecule has 0 amide bonds. The van der Waals surface area contributed by atoms with Crippen molar-refractivity contribution in [3.05, 3.63) is 17.6 Å². The molecule has 0 spiro atoms. The highest BCUT2D eigenvalue weighted by Gasteiger charge is 2.19. The molecule has 1 saturated heterocycles. The van der Waals surface area contributed by atoms with Crippen LogP contribution in [0.25, 0.3) is 11.6 Å². The highest BCUT2D eigenvalue weighted by Crippen LogP contribution is 2.24. The van der Waals surface area contributed by atoms with Crippen LogP contribution in [-0.4, -0.2) is 33.4 Å². The first-order chi connectivity index (χ1) is 8.86. The minimum Gasteiger partial charge on any atom is -0.332 e. The monoisotopic (exact) mass is 247 g/mol. The van der Waals surface area contributed by atoms with E-state index in [0.29, 0.717) is 17.6 Å². The van der Waals surface area contributed by atoms with Crippen LogP contribution >= 0.6 is 0 Å². The van der Waals surface area contributed by atoms with Crippen molar-refractivity contribution in [1.82, 2.24) is 25.7 Å². The molecule has 0 bridgehead atoms. The van der Waals surface area contributed by atoms with E-state index >= 15 is 0 Å². The fourth-order valence-corrected chi connectivity index (χ4v) is 2.27. The third-order valence-corrected chi connectivity index (χ3v) is 3.34. The number of nitrogens with zero attached hydrogens (tertiary/aromatic N) is 3. The first-order valence-corrected chi connectivity index (χ1v) is 6.46. The molecule has 0 aliphatic carbocycles. The van der Waals surface area contributed by atoms with Gasteiger partial charge in [0.25, 0.3) is 5.89 Å². The number of hydrogen-bond donors (Lipinski definition) is 2. The van der Waals surface area contributed by atoms with E-state index in [1.807, 2.05) is 13.0 Å². The van der Waals surface area contributed by atoms with E-state index in [2.05, 4.69) is 25.7 Å². The van der Waals surface area contributed by atoms with Gasteiger partial charge in [0.05, 0.1) is 0 Å². The minimum atomic E-state index is 0.498. The maximum atomic E-state index is 5.18. The van der Waals surface area contributed by atoms with Gasteiger partial charge in [0.2, 0.25) is 0 Å². The lowest BCUT2D eigenvalue weighted by Gasteiger charge is -2.20. The number of piperidine rings is 1. The summed E-state index contributed by atoms with van der Waals surface area (Å²) in [5.41, 5.74) is 1.89. The second kappa shape index (κ2) is 4.89. The van der Waals surface area contributed by atoms with Crippen LogP contribution < -0.4 is 5.32 Å². The Kier molecular flexibility index (Phi) is 3.10. The van der Waals surface area contributed by atoms with Gasteiger partial charge in [0.15, 0.2) is 11.5 Å². The molecule has 1 fully saturated rings. The maximum absolute atomic E-state index is 5.18. The first-order valence-electron chi connectivity index (χ1n) is 6.46. The fraction of sp³-hybridized carbons (Fsp3) is 0.583. The van der Waals surface area contributed by atoms with E-state index in [-0.39, 0.29) is 0 Å². The molecule has 3 rings (SSSR count). The lowest BCUT2D eigenvalue weighted by atomic mass is 9.96. The topological polar surface area (TPSA) is 79.6 Å². The summed E-state index contributed by atoms with van der Waals surface area (Å²) in [6.45, 7) is 4.12. The second-order valence-corrected chi connectivity index (χ2v) is 4.62. The zero-order valence-corrected chi connectivity index (χ0v) is 10.4. The zero-order chi connectivity index (χ0) is 12.4. The molecule has 1 atom stereocenters. The van der Waals surface area contributed by atoms with Gasteiger partial charge in [-0.2, -0.15) is 10.1 Å². The summed E-state index contributed by atoms with van der Waals surface area (Å²) in [5.74, 6) is 1.72. The first kappa shape index (κ1) is 11.4. The molecule has 2 aromatic heterocycles. The summed E-state index contributed by atoms with van der Waals surface area (Å²) in [4.78, 5) is 4.28. The summed E-state index contributed by atoms with van der Waals surface area (Å²) in [7, 11) is 0. The average Bonchev–Trinajstić information content (AvgIpc) is 3.08. The highest BCUT2D eigenvalue weighted by atomic mass is 16.5. The average molecular weight is 247 g/mol. The third kappa shape index (κ3) is 2.15. The number of aromatic nitrogens is 4. The number of aromatic amines is 1. The van der Waals surface area contributed by atoms with Crippen molar-refractivity contribution < 1.29 is 4.52 Å². The van der Waals surface area contributed by atoms with E-state index in [9.17, 15) is 0 Å². The Bertz CT molecular complexity index is 512. The summed E-state index contributed by atoms with van der Waals surface area (Å²) in [6, 6.07) is 2.02. The zero-order valence-electron chi connectivity index (χ0n) is 10.4. The lowest BCUT2D eigenvalue weighted by Crippen LogP contribution is -2.28. The van der Waals surface area contributed by atoms with Crippen LogP contribution in [0.1, 0.15) is 37.2 Å². The van der Waals surface area contributed by atoms with Crippen molar-refractivity contribution in [2.45, 2.75) is 32.1 Å². The van der Waals surface area contributed by atoms with Crippen LogP contribution in [-0.2, 0) is 6.42 Å². The van der Waals surface area contributed by atoms with Crippen molar-refractivity contribution in [2.75, 3.05) is 13.1 Å². The predicted octanol–water partition coefficient (Wildman–Crippen LogP) is 1.49. The highest BCUT2D eigenvalue weighted by molar-refractivity contribution is 5.47. The van der Waals surface area contributed by atoms with Gasteiger partial charge in [0.1, 0.15) is 0 Å². The maximum Gasteiger partial charge on any atom is 0.278 e. The number of aryl methyl sites for hydroxylation is 1. The van der Waals surface area contributed by atoms with Gasteiger partial charge in [0, 0.05) is 24.6 Å². The molecule has 0 saturated carbocycles. The molecule has 0 aromatic carbocycles. The van der Waals surface area contributed by atoms with Crippen LogP contribution in [0.2, 0.25) is 0 Å². The molecule has 6 nitrogen and oxygen atoms in total. The molecule has 18 heavy (non-hydrogen) atoms.